The fourth-order valence-electron chi connectivity index (χ4n) is 4.69. The summed E-state index contributed by atoms with van der Waals surface area (Å²) in [5, 5.41) is 15.6. The highest BCUT2D eigenvalue weighted by Crippen LogP contribution is 2.45. The van der Waals surface area contributed by atoms with Crippen molar-refractivity contribution in [1.82, 2.24) is 15.5 Å². The summed E-state index contributed by atoms with van der Waals surface area (Å²) in [5.41, 5.74) is 0. The number of aliphatic hydroxyl groups is 1. The van der Waals surface area contributed by atoms with Crippen molar-refractivity contribution in [2.24, 2.45) is 29.6 Å². The highest BCUT2D eigenvalue weighted by atomic mass is 16.3. The Hall–Kier alpha value is -1.89. The van der Waals surface area contributed by atoms with E-state index in [9.17, 15) is 19.5 Å². The van der Waals surface area contributed by atoms with Gasteiger partial charge in [-0.1, -0.05) is 32.9 Å². The van der Waals surface area contributed by atoms with Gasteiger partial charge in [0.1, 0.15) is 6.04 Å². The van der Waals surface area contributed by atoms with Crippen LogP contribution in [0, 0.1) is 29.6 Å². The Bertz CT molecular complexity index is 631. The lowest BCUT2D eigenvalue weighted by atomic mass is 9.70. The average molecular weight is 394 g/mol. The van der Waals surface area contributed by atoms with Gasteiger partial charge in [0.15, 0.2) is 0 Å². The fourth-order valence-corrected chi connectivity index (χ4v) is 4.69. The van der Waals surface area contributed by atoms with Crippen LogP contribution in [-0.2, 0) is 14.4 Å². The van der Waals surface area contributed by atoms with E-state index in [-0.39, 0.29) is 48.1 Å². The molecule has 7 nitrogen and oxygen atoms in total. The van der Waals surface area contributed by atoms with Crippen LogP contribution in [0.1, 0.15) is 41.0 Å². The molecule has 0 aromatic heterocycles. The Morgan fingerprint density at radius 1 is 1.18 bits per heavy atom. The minimum atomic E-state index is -0.716. The standard InChI is InChI=1S/C21H35N3O4/c1-11(2)9-14(10-25)24-18(20(27)23-12(3)4)15-8-7-13(5)16(19(26)22-6)17(15)21(24)28/h7-8,11-18,25H,9-10H2,1-6H3,(H,22,26)(H,23,27)/t13-,14-,15+,16-,17-,18+/m1/s1. The first-order chi connectivity index (χ1) is 13.1. The van der Waals surface area contributed by atoms with Gasteiger partial charge in [-0.2, -0.15) is 0 Å². The molecule has 3 amide bonds. The van der Waals surface area contributed by atoms with Crippen molar-refractivity contribution in [3.8, 4) is 0 Å². The first kappa shape index (κ1) is 22.4. The highest BCUT2D eigenvalue weighted by molar-refractivity contribution is 5.97. The summed E-state index contributed by atoms with van der Waals surface area (Å²) < 4.78 is 0. The summed E-state index contributed by atoms with van der Waals surface area (Å²) in [6.07, 6.45) is 4.45. The molecule has 28 heavy (non-hydrogen) atoms. The van der Waals surface area contributed by atoms with E-state index in [1.807, 2.05) is 46.8 Å². The number of likely N-dealkylation sites (tertiary alicyclic amines) is 1. The molecule has 0 unspecified atom stereocenters. The lowest BCUT2D eigenvalue weighted by Gasteiger charge is -2.34. The molecular weight excluding hydrogens is 358 g/mol. The van der Waals surface area contributed by atoms with Crippen LogP contribution in [0.25, 0.3) is 0 Å². The van der Waals surface area contributed by atoms with E-state index < -0.39 is 23.9 Å². The second kappa shape index (κ2) is 9.07. The minimum absolute atomic E-state index is 0.0672. The van der Waals surface area contributed by atoms with Crippen molar-refractivity contribution in [2.75, 3.05) is 13.7 Å². The van der Waals surface area contributed by atoms with Gasteiger partial charge in [0, 0.05) is 19.0 Å². The van der Waals surface area contributed by atoms with Gasteiger partial charge in [-0.05, 0) is 32.1 Å². The zero-order chi connectivity index (χ0) is 21.2. The number of amides is 3. The Balaban J connectivity index is 2.51. The number of carbonyl (C=O) groups excluding carboxylic acids is 3. The summed E-state index contributed by atoms with van der Waals surface area (Å²) in [5.74, 6) is -1.97. The van der Waals surface area contributed by atoms with Crippen LogP contribution in [0.4, 0.5) is 0 Å². The zero-order valence-electron chi connectivity index (χ0n) is 17.8. The number of allylic oxidation sites excluding steroid dienone is 1. The Morgan fingerprint density at radius 2 is 1.82 bits per heavy atom. The number of carbonyl (C=O) groups is 3. The number of nitrogens with zero attached hydrogens (tertiary/aromatic N) is 1. The van der Waals surface area contributed by atoms with E-state index in [2.05, 4.69) is 10.6 Å². The molecule has 1 aliphatic carbocycles. The predicted octanol–water partition coefficient (Wildman–Crippen LogP) is 0.929. The van der Waals surface area contributed by atoms with E-state index in [4.69, 9.17) is 0 Å². The second-order valence-electron chi connectivity index (χ2n) is 8.81. The quantitative estimate of drug-likeness (QED) is 0.561. The minimum Gasteiger partial charge on any atom is -0.394 e. The van der Waals surface area contributed by atoms with Gasteiger partial charge in [-0.15, -0.1) is 0 Å². The number of nitrogens with one attached hydrogen (secondary N) is 2. The molecule has 0 aromatic carbocycles. The van der Waals surface area contributed by atoms with Crippen LogP contribution >= 0.6 is 0 Å². The molecule has 1 saturated heterocycles. The molecule has 6 atom stereocenters. The van der Waals surface area contributed by atoms with Crippen molar-refractivity contribution >= 4 is 17.7 Å². The average Bonchev–Trinajstić information content (AvgIpc) is 2.91. The maximum Gasteiger partial charge on any atom is 0.243 e. The molecule has 0 saturated carbocycles. The lowest BCUT2D eigenvalue weighted by molar-refractivity contribution is -0.143. The molecule has 1 aliphatic heterocycles. The van der Waals surface area contributed by atoms with Crippen LogP contribution < -0.4 is 10.6 Å². The lowest BCUT2D eigenvalue weighted by Crippen LogP contribution is -2.53. The van der Waals surface area contributed by atoms with E-state index in [0.717, 1.165) is 0 Å². The second-order valence-corrected chi connectivity index (χ2v) is 8.81. The normalized spacial score (nSPS) is 30.5. The number of rotatable bonds is 7. The van der Waals surface area contributed by atoms with Gasteiger partial charge < -0.3 is 20.6 Å². The first-order valence-electron chi connectivity index (χ1n) is 10.3. The molecule has 7 heteroatoms. The van der Waals surface area contributed by atoms with Gasteiger partial charge in [-0.3, -0.25) is 14.4 Å². The van der Waals surface area contributed by atoms with Crippen molar-refractivity contribution in [1.29, 1.82) is 0 Å². The van der Waals surface area contributed by atoms with Gasteiger partial charge in [0.2, 0.25) is 17.7 Å². The number of hydrogen-bond acceptors (Lipinski definition) is 4. The maximum absolute atomic E-state index is 13.5. The summed E-state index contributed by atoms with van der Waals surface area (Å²) in [7, 11) is 1.57. The van der Waals surface area contributed by atoms with Gasteiger partial charge in [-0.25, -0.2) is 0 Å². The van der Waals surface area contributed by atoms with Gasteiger partial charge >= 0.3 is 0 Å². The van der Waals surface area contributed by atoms with Gasteiger partial charge in [0.25, 0.3) is 0 Å². The van der Waals surface area contributed by atoms with E-state index in [1.165, 1.54) is 0 Å². The van der Waals surface area contributed by atoms with Crippen LogP contribution in [0.5, 0.6) is 0 Å². The third-order valence-electron chi connectivity index (χ3n) is 5.81. The van der Waals surface area contributed by atoms with Crippen LogP contribution in [0.3, 0.4) is 0 Å². The number of hydrogen-bond donors (Lipinski definition) is 3. The Kier molecular flexibility index (Phi) is 7.26. The van der Waals surface area contributed by atoms with Crippen molar-refractivity contribution in [3.05, 3.63) is 12.2 Å². The molecule has 0 spiro atoms. The molecule has 158 valence electrons. The van der Waals surface area contributed by atoms with E-state index >= 15 is 0 Å². The van der Waals surface area contributed by atoms with Crippen LogP contribution in [-0.4, -0.2) is 59.5 Å². The topological polar surface area (TPSA) is 98.7 Å². The molecule has 0 aromatic rings. The SMILES string of the molecule is CNC(=O)[C@H]1[C@@H]2C(=O)N([C@@H](CO)CC(C)C)[C@H](C(=O)NC(C)C)[C@H]2C=C[C@H]1C. The summed E-state index contributed by atoms with van der Waals surface area (Å²) in [6, 6.07) is -1.23. The van der Waals surface area contributed by atoms with Crippen molar-refractivity contribution in [2.45, 2.75) is 59.2 Å². The molecule has 1 fully saturated rings. The Labute approximate surface area is 167 Å². The molecule has 2 aliphatic rings. The van der Waals surface area contributed by atoms with Crippen LogP contribution in [0.15, 0.2) is 12.2 Å². The molecular formula is C21H35N3O4. The molecule has 0 radical (unpaired) electrons. The van der Waals surface area contributed by atoms with Crippen molar-refractivity contribution < 1.29 is 19.5 Å². The van der Waals surface area contributed by atoms with E-state index in [1.54, 1.807) is 11.9 Å². The number of fused-ring (bicyclic) bond motifs is 1. The summed E-state index contributed by atoms with van der Waals surface area (Å²) in [4.78, 5) is 40.7. The first-order valence-corrected chi connectivity index (χ1v) is 10.3. The molecule has 0 bridgehead atoms. The largest absolute Gasteiger partial charge is 0.394 e. The summed E-state index contributed by atoms with van der Waals surface area (Å²) >= 11 is 0. The fraction of sp³-hybridized carbons (Fsp3) is 0.762. The maximum atomic E-state index is 13.5. The third kappa shape index (κ3) is 4.24. The predicted molar refractivity (Wildman–Crippen MR) is 107 cm³/mol. The van der Waals surface area contributed by atoms with Crippen LogP contribution in [0.2, 0.25) is 0 Å². The zero-order valence-corrected chi connectivity index (χ0v) is 17.8. The molecule has 2 rings (SSSR count). The highest BCUT2D eigenvalue weighted by Gasteiger charge is 2.57. The van der Waals surface area contributed by atoms with Crippen molar-refractivity contribution in [3.63, 3.8) is 0 Å². The van der Waals surface area contributed by atoms with Gasteiger partial charge in [0.05, 0.1) is 24.5 Å². The monoisotopic (exact) mass is 393 g/mol. The number of aliphatic hydroxyl groups excluding tert-OH is 1. The smallest absolute Gasteiger partial charge is 0.243 e. The Morgan fingerprint density at radius 3 is 2.32 bits per heavy atom. The van der Waals surface area contributed by atoms with E-state index in [0.29, 0.717) is 6.42 Å². The molecule has 3 N–H and O–H groups in total. The third-order valence-corrected chi connectivity index (χ3v) is 5.81. The summed E-state index contributed by atoms with van der Waals surface area (Å²) in [6.45, 7) is 9.51. The molecule has 1 heterocycles.